The summed E-state index contributed by atoms with van der Waals surface area (Å²) in [4.78, 5) is 18.2. The van der Waals surface area contributed by atoms with Crippen LogP contribution >= 0.6 is 23.2 Å². The molecule has 1 heterocycles. The van der Waals surface area contributed by atoms with Gasteiger partial charge in [0.1, 0.15) is 17.6 Å². The van der Waals surface area contributed by atoms with Gasteiger partial charge in [-0.15, -0.1) is 0 Å². The molecule has 1 saturated carbocycles. The molecule has 0 radical (unpaired) electrons. The molecule has 35 heavy (non-hydrogen) atoms. The number of benzene rings is 3. The predicted molar refractivity (Wildman–Crippen MR) is 129 cm³/mol. The number of fused-ring (bicyclic) bond motifs is 3. The molecule has 5 rings (SSSR count). The minimum Gasteiger partial charge on any atom is -0.497 e. The summed E-state index contributed by atoms with van der Waals surface area (Å²) < 4.78 is 11.9. The van der Waals surface area contributed by atoms with Gasteiger partial charge in [0, 0.05) is 10.9 Å². The Balaban J connectivity index is 1.86. The summed E-state index contributed by atoms with van der Waals surface area (Å²) in [5.74, 6) is -1.81. The molecule has 3 N–H and O–H groups in total. The van der Waals surface area contributed by atoms with Crippen molar-refractivity contribution in [3.8, 4) is 11.5 Å². The predicted octanol–water partition coefficient (Wildman–Crippen LogP) is 3.93. The van der Waals surface area contributed by atoms with Crippen molar-refractivity contribution in [3.63, 3.8) is 0 Å². The molecule has 1 amide bonds. The molecule has 1 aliphatic carbocycles. The van der Waals surface area contributed by atoms with E-state index >= 15 is 0 Å². The van der Waals surface area contributed by atoms with E-state index in [1.54, 1.807) is 37.4 Å². The fraction of sp³-hybridized carbons (Fsp3) is 0.269. The normalized spacial score (nSPS) is 28.7. The van der Waals surface area contributed by atoms with E-state index in [1.165, 1.54) is 13.2 Å². The van der Waals surface area contributed by atoms with Crippen molar-refractivity contribution >= 4 is 29.1 Å². The van der Waals surface area contributed by atoms with Crippen molar-refractivity contribution in [3.05, 3.63) is 93.5 Å². The zero-order chi connectivity index (χ0) is 25.0. The highest BCUT2D eigenvalue weighted by molar-refractivity contribution is 6.35. The Morgan fingerprint density at radius 3 is 2.37 bits per heavy atom. The summed E-state index contributed by atoms with van der Waals surface area (Å²) in [6, 6.07) is 19.1. The average Bonchev–Trinajstić information content (AvgIpc) is 3.22. The summed E-state index contributed by atoms with van der Waals surface area (Å²) in [6.07, 6.45) is -1.62. The molecule has 7 nitrogen and oxygen atoms in total. The summed E-state index contributed by atoms with van der Waals surface area (Å²) in [6.45, 7) is 0. The van der Waals surface area contributed by atoms with E-state index < -0.39 is 35.0 Å². The number of hydrogen-bond donors (Lipinski definition) is 3. The molecule has 182 valence electrons. The van der Waals surface area contributed by atoms with Gasteiger partial charge in [-0.3, -0.25) is 9.63 Å². The van der Waals surface area contributed by atoms with Crippen molar-refractivity contribution < 1.29 is 29.3 Å². The number of hydroxylamine groups is 1. The van der Waals surface area contributed by atoms with Gasteiger partial charge in [-0.2, -0.15) is 0 Å². The molecule has 2 aliphatic rings. The van der Waals surface area contributed by atoms with E-state index in [2.05, 4.69) is 5.48 Å². The Morgan fingerprint density at radius 2 is 1.74 bits per heavy atom. The number of amides is 1. The fourth-order valence-corrected chi connectivity index (χ4v) is 6.28. The third kappa shape index (κ3) is 3.27. The zero-order valence-electron chi connectivity index (χ0n) is 18.9. The lowest BCUT2D eigenvalue weighted by molar-refractivity contribution is -0.156. The standard InChI is InChI=1S/C26H23Cl2NO6/c1-33-17-10-8-15(9-11-17)26-21(14-6-4-3-5-7-14)20(24(31)29-34-2)23(30)25(26,32)22-18(28)12-16(27)13-19(22)35-26/h3-13,20-21,23,30,32H,1-2H3,(H,29,31)/t20-,21-,23-,25+,26+/m1/s1. The lowest BCUT2D eigenvalue weighted by atomic mass is 9.70. The molecule has 0 saturated heterocycles. The Hall–Kier alpha value is -2.81. The Labute approximate surface area is 212 Å². The molecule has 0 spiro atoms. The Kier molecular flexibility index (Phi) is 5.94. The molecule has 1 fully saturated rings. The number of hydrogen-bond acceptors (Lipinski definition) is 6. The molecule has 9 heteroatoms. The smallest absolute Gasteiger partial charge is 0.250 e. The Bertz CT molecular complexity index is 1270. The molecule has 0 bridgehead atoms. The number of nitrogens with one attached hydrogen (secondary N) is 1. The van der Waals surface area contributed by atoms with Crippen LogP contribution in [0.25, 0.3) is 0 Å². The number of aliphatic hydroxyl groups is 2. The van der Waals surface area contributed by atoms with Gasteiger partial charge >= 0.3 is 0 Å². The number of methoxy groups -OCH3 is 1. The number of carbonyl (C=O) groups excluding carboxylic acids is 1. The number of rotatable bonds is 5. The summed E-state index contributed by atoms with van der Waals surface area (Å²) in [7, 11) is 2.85. The number of aliphatic hydroxyl groups excluding tert-OH is 1. The highest BCUT2D eigenvalue weighted by Crippen LogP contribution is 2.69. The second-order valence-corrected chi connectivity index (χ2v) is 9.47. The van der Waals surface area contributed by atoms with Crippen LogP contribution in [0.15, 0.2) is 66.7 Å². The SMILES string of the molecule is CONC(=O)[C@H]1[C@@H](O)[C@@]2(O)c3c(Cl)cc(Cl)cc3O[C@@]2(c2ccc(OC)cc2)[C@@H]1c1ccccc1. The van der Waals surface area contributed by atoms with E-state index in [1.807, 2.05) is 30.3 Å². The lowest BCUT2D eigenvalue weighted by Gasteiger charge is -2.40. The van der Waals surface area contributed by atoms with Crippen molar-refractivity contribution in [2.45, 2.75) is 23.2 Å². The van der Waals surface area contributed by atoms with Crippen molar-refractivity contribution in [1.82, 2.24) is 5.48 Å². The van der Waals surface area contributed by atoms with Crippen LogP contribution in [-0.4, -0.2) is 36.4 Å². The molecular weight excluding hydrogens is 493 g/mol. The van der Waals surface area contributed by atoms with Crippen LogP contribution < -0.4 is 15.0 Å². The van der Waals surface area contributed by atoms with Crippen LogP contribution in [-0.2, 0) is 20.8 Å². The van der Waals surface area contributed by atoms with Crippen molar-refractivity contribution in [2.24, 2.45) is 5.92 Å². The zero-order valence-corrected chi connectivity index (χ0v) is 20.4. The largest absolute Gasteiger partial charge is 0.497 e. The van der Waals surface area contributed by atoms with Gasteiger partial charge in [0.2, 0.25) is 5.91 Å². The lowest BCUT2D eigenvalue weighted by Crippen LogP contribution is -2.52. The van der Waals surface area contributed by atoms with E-state index in [0.717, 1.165) is 0 Å². The van der Waals surface area contributed by atoms with Crippen molar-refractivity contribution in [1.29, 1.82) is 0 Å². The molecule has 3 aromatic rings. The number of carbonyl (C=O) groups is 1. The minimum absolute atomic E-state index is 0.115. The fourth-order valence-electron chi connectivity index (χ4n) is 5.66. The van der Waals surface area contributed by atoms with Crippen molar-refractivity contribution in [2.75, 3.05) is 14.2 Å². The van der Waals surface area contributed by atoms with Crippen LogP contribution in [0.4, 0.5) is 0 Å². The molecule has 1 aliphatic heterocycles. The molecule has 0 unspecified atom stereocenters. The minimum atomic E-state index is -2.12. The van der Waals surface area contributed by atoms with Gasteiger partial charge in [0.15, 0.2) is 11.2 Å². The first-order valence-corrected chi connectivity index (χ1v) is 11.7. The maximum absolute atomic E-state index is 13.3. The van der Waals surface area contributed by atoms with Gasteiger partial charge < -0.3 is 19.7 Å². The maximum atomic E-state index is 13.3. The first kappa shape index (κ1) is 23.9. The van der Waals surface area contributed by atoms with Crippen LogP contribution in [0, 0.1) is 5.92 Å². The third-order valence-corrected chi connectivity index (χ3v) is 7.50. The van der Waals surface area contributed by atoms with E-state index in [0.29, 0.717) is 21.9 Å². The number of halogens is 2. The van der Waals surface area contributed by atoms with Gasteiger partial charge in [-0.25, -0.2) is 5.48 Å². The van der Waals surface area contributed by atoms with Crippen LogP contribution in [0.2, 0.25) is 10.0 Å². The number of ether oxygens (including phenoxy) is 2. The molecule has 3 aromatic carbocycles. The Morgan fingerprint density at radius 1 is 1.06 bits per heavy atom. The van der Waals surface area contributed by atoms with E-state index in [9.17, 15) is 15.0 Å². The first-order chi connectivity index (χ1) is 16.8. The monoisotopic (exact) mass is 515 g/mol. The van der Waals surface area contributed by atoms with Gasteiger partial charge in [-0.05, 0) is 35.4 Å². The highest BCUT2D eigenvalue weighted by Gasteiger charge is 2.77. The van der Waals surface area contributed by atoms with Crippen LogP contribution in [0.1, 0.15) is 22.6 Å². The van der Waals surface area contributed by atoms with Gasteiger partial charge in [0.05, 0.1) is 30.7 Å². The van der Waals surface area contributed by atoms with E-state index in [-0.39, 0.29) is 16.3 Å². The van der Waals surface area contributed by atoms with E-state index in [4.69, 9.17) is 37.5 Å². The second kappa shape index (κ2) is 8.69. The van der Waals surface area contributed by atoms with Gasteiger partial charge in [0.25, 0.3) is 0 Å². The maximum Gasteiger partial charge on any atom is 0.250 e. The van der Waals surface area contributed by atoms with Crippen LogP contribution in [0.3, 0.4) is 0 Å². The second-order valence-electron chi connectivity index (χ2n) is 8.62. The third-order valence-electron chi connectivity index (χ3n) is 6.99. The summed E-state index contributed by atoms with van der Waals surface area (Å²) in [5, 5.41) is 24.7. The van der Waals surface area contributed by atoms with Crippen LogP contribution in [0.5, 0.6) is 11.5 Å². The molecule has 0 aromatic heterocycles. The quantitative estimate of drug-likeness (QED) is 0.445. The first-order valence-electron chi connectivity index (χ1n) is 10.9. The summed E-state index contributed by atoms with van der Waals surface area (Å²) in [5.41, 5.74) is -0.0871. The van der Waals surface area contributed by atoms with Gasteiger partial charge in [-0.1, -0.05) is 65.7 Å². The molecular formula is C26H23Cl2NO6. The topological polar surface area (TPSA) is 97.3 Å². The average molecular weight is 516 g/mol. The highest BCUT2D eigenvalue weighted by atomic mass is 35.5. The summed E-state index contributed by atoms with van der Waals surface area (Å²) >= 11 is 12.9. The molecule has 5 atom stereocenters.